The maximum absolute atomic E-state index is 3.83. The zero-order valence-electron chi connectivity index (χ0n) is 13.7. The molecule has 0 aromatic heterocycles. The van der Waals surface area contributed by atoms with Crippen molar-refractivity contribution < 1.29 is 0 Å². The van der Waals surface area contributed by atoms with Gasteiger partial charge >= 0.3 is 0 Å². The minimum Gasteiger partial charge on any atom is -0.313 e. The highest BCUT2D eigenvalue weighted by Crippen LogP contribution is 2.42. The molecule has 2 rings (SSSR count). The molecule has 0 amide bonds. The van der Waals surface area contributed by atoms with Gasteiger partial charge in [-0.25, -0.2) is 0 Å². The van der Waals surface area contributed by atoms with Crippen molar-refractivity contribution in [2.45, 2.75) is 71.9 Å². The summed E-state index contributed by atoms with van der Waals surface area (Å²) in [5, 5.41) is 3.83. The Kier molecular flexibility index (Phi) is 4.94. The van der Waals surface area contributed by atoms with Gasteiger partial charge in [0, 0.05) is 18.6 Å². The summed E-state index contributed by atoms with van der Waals surface area (Å²) >= 11 is 0. The van der Waals surface area contributed by atoms with Crippen molar-refractivity contribution >= 4 is 0 Å². The Balaban J connectivity index is 1.90. The van der Waals surface area contributed by atoms with Crippen LogP contribution in [-0.2, 0) is 0 Å². The molecule has 0 heterocycles. The third-order valence-electron chi connectivity index (χ3n) is 5.61. The third-order valence-corrected chi connectivity index (χ3v) is 5.61. The van der Waals surface area contributed by atoms with Crippen molar-refractivity contribution in [3.8, 4) is 0 Å². The van der Waals surface area contributed by atoms with Crippen molar-refractivity contribution in [3.63, 3.8) is 0 Å². The van der Waals surface area contributed by atoms with E-state index in [-0.39, 0.29) is 0 Å². The van der Waals surface area contributed by atoms with E-state index in [2.05, 4.69) is 45.0 Å². The van der Waals surface area contributed by atoms with Crippen LogP contribution >= 0.6 is 0 Å². The molecule has 0 bridgehead atoms. The van der Waals surface area contributed by atoms with Gasteiger partial charge in [0.1, 0.15) is 0 Å². The van der Waals surface area contributed by atoms with E-state index in [0.717, 1.165) is 17.9 Å². The fourth-order valence-electron chi connectivity index (χ4n) is 3.93. The standard InChI is InChI=1S/C17H34N2/c1-6-11-18-16-15(9-10-17(16,3)4)12-19(5)13(2)14-7-8-14/h13-16,18H,6-12H2,1-5H3. The summed E-state index contributed by atoms with van der Waals surface area (Å²) in [5.74, 6) is 1.83. The Bertz CT molecular complexity index is 283. The van der Waals surface area contributed by atoms with Crippen molar-refractivity contribution in [2.24, 2.45) is 17.3 Å². The van der Waals surface area contributed by atoms with Gasteiger partial charge in [0.2, 0.25) is 0 Å². The first-order chi connectivity index (χ1) is 8.95. The fraction of sp³-hybridized carbons (Fsp3) is 1.00. The van der Waals surface area contributed by atoms with E-state index in [9.17, 15) is 0 Å². The topological polar surface area (TPSA) is 15.3 Å². The molecule has 0 aliphatic heterocycles. The van der Waals surface area contributed by atoms with E-state index in [1.807, 2.05) is 0 Å². The van der Waals surface area contributed by atoms with Gasteiger partial charge in [-0.1, -0.05) is 20.8 Å². The van der Waals surface area contributed by atoms with Gasteiger partial charge in [-0.2, -0.15) is 0 Å². The van der Waals surface area contributed by atoms with Crippen molar-refractivity contribution in [1.82, 2.24) is 10.2 Å². The van der Waals surface area contributed by atoms with Gasteiger partial charge < -0.3 is 10.2 Å². The quantitative estimate of drug-likeness (QED) is 0.758. The molecule has 0 spiro atoms. The van der Waals surface area contributed by atoms with Crippen LogP contribution in [0.25, 0.3) is 0 Å². The predicted octanol–water partition coefficient (Wildman–Crippen LogP) is 3.52. The maximum Gasteiger partial charge on any atom is 0.0159 e. The molecular formula is C17H34N2. The predicted molar refractivity (Wildman–Crippen MR) is 83.4 cm³/mol. The first-order valence-corrected chi connectivity index (χ1v) is 8.39. The van der Waals surface area contributed by atoms with E-state index in [1.165, 1.54) is 45.2 Å². The van der Waals surface area contributed by atoms with E-state index in [4.69, 9.17) is 0 Å². The zero-order chi connectivity index (χ0) is 14.0. The van der Waals surface area contributed by atoms with Crippen LogP contribution in [-0.4, -0.2) is 37.1 Å². The van der Waals surface area contributed by atoms with Crippen molar-refractivity contribution in [3.05, 3.63) is 0 Å². The third kappa shape index (κ3) is 3.72. The smallest absolute Gasteiger partial charge is 0.0159 e. The summed E-state index contributed by atoms with van der Waals surface area (Å²) in [6, 6.07) is 1.50. The van der Waals surface area contributed by atoms with Crippen LogP contribution in [0.5, 0.6) is 0 Å². The molecule has 3 atom stereocenters. The lowest BCUT2D eigenvalue weighted by Gasteiger charge is -2.35. The second-order valence-electron chi connectivity index (χ2n) is 7.74. The Morgan fingerprint density at radius 1 is 1.26 bits per heavy atom. The summed E-state index contributed by atoms with van der Waals surface area (Å²) in [6.45, 7) is 12.0. The van der Waals surface area contributed by atoms with E-state index in [0.29, 0.717) is 11.5 Å². The van der Waals surface area contributed by atoms with Crippen LogP contribution < -0.4 is 5.32 Å². The molecule has 2 aliphatic carbocycles. The zero-order valence-corrected chi connectivity index (χ0v) is 13.7. The number of nitrogens with one attached hydrogen (secondary N) is 1. The molecule has 0 aromatic rings. The van der Waals surface area contributed by atoms with Gasteiger partial charge in [0.05, 0.1) is 0 Å². The fourth-order valence-corrected chi connectivity index (χ4v) is 3.93. The summed E-state index contributed by atoms with van der Waals surface area (Å²) in [5.41, 5.74) is 0.476. The average molecular weight is 266 g/mol. The molecule has 2 fully saturated rings. The van der Waals surface area contributed by atoms with Crippen LogP contribution in [0.15, 0.2) is 0 Å². The lowest BCUT2D eigenvalue weighted by Crippen LogP contribution is -2.46. The SMILES string of the molecule is CCCNC1C(CN(C)C(C)C2CC2)CCC1(C)C. The summed E-state index contributed by atoms with van der Waals surface area (Å²) in [7, 11) is 2.34. The van der Waals surface area contributed by atoms with Gasteiger partial charge in [0.25, 0.3) is 0 Å². The monoisotopic (exact) mass is 266 g/mol. The second kappa shape index (κ2) is 6.13. The lowest BCUT2D eigenvalue weighted by molar-refractivity contribution is 0.166. The molecule has 0 aromatic carbocycles. The van der Waals surface area contributed by atoms with Crippen LogP contribution in [0.1, 0.15) is 59.8 Å². The van der Waals surface area contributed by atoms with Crippen molar-refractivity contribution in [2.75, 3.05) is 20.1 Å². The molecule has 0 radical (unpaired) electrons. The molecule has 19 heavy (non-hydrogen) atoms. The molecule has 112 valence electrons. The minimum atomic E-state index is 0.476. The number of hydrogen-bond acceptors (Lipinski definition) is 2. The van der Waals surface area contributed by atoms with Gasteiger partial charge in [-0.3, -0.25) is 0 Å². The van der Waals surface area contributed by atoms with Crippen LogP contribution in [0, 0.1) is 17.3 Å². The first kappa shape index (κ1) is 15.3. The molecule has 1 N–H and O–H groups in total. The minimum absolute atomic E-state index is 0.476. The van der Waals surface area contributed by atoms with E-state index >= 15 is 0 Å². The normalized spacial score (nSPS) is 31.9. The lowest BCUT2D eigenvalue weighted by atomic mass is 9.84. The van der Waals surface area contributed by atoms with E-state index < -0.39 is 0 Å². The molecular weight excluding hydrogens is 232 g/mol. The Hall–Kier alpha value is -0.0800. The van der Waals surface area contributed by atoms with Crippen LogP contribution in [0.2, 0.25) is 0 Å². The number of nitrogens with zero attached hydrogens (tertiary/aromatic N) is 1. The molecule has 2 aliphatic rings. The second-order valence-corrected chi connectivity index (χ2v) is 7.74. The highest BCUT2D eigenvalue weighted by molar-refractivity contribution is 4.97. The summed E-state index contributed by atoms with van der Waals surface area (Å²) < 4.78 is 0. The molecule has 2 heteroatoms. The largest absolute Gasteiger partial charge is 0.313 e. The maximum atomic E-state index is 3.83. The number of hydrogen-bond donors (Lipinski definition) is 1. The highest BCUT2D eigenvalue weighted by Gasteiger charge is 2.42. The summed E-state index contributed by atoms with van der Waals surface area (Å²) in [4.78, 5) is 2.63. The average Bonchev–Trinajstić information content (AvgIpc) is 3.15. The summed E-state index contributed by atoms with van der Waals surface area (Å²) in [6.07, 6.45) is 6.94. The van der Waals surface area contributed by atoms with Crippen LogP contribution in [0.3, 0.4) is 0 Å². The molecule has 0 saturated heterocycles. The van der Waals surface area contributed by atoms with Crippen LogP contribution in [0.4, 0.5) is 0 Å². The van der Waals surface area contributed by atoms with Gasteiger partial charge in [0.15, 0.2) is 0 Å². The Morgan fingerprint density at radius 2 is 1.95 bits per heavy atom. The number of rotatable bonds is 7. The first-order valence-electron chi connectivity index (χ1n) is 8.39. The molecule has 2 saturated carbocycles. The molecule has 2 nitrogen and oxygen atoms in total. The van der Waals surface area contributed by atoms with Gasteiger partial charge in [-0.15, -0.1) is 0 Å². The van der Waals surface area contributed by atoms with Gasteiger partial charge in [-0.05, 0) is 69.9 Å². The Morgan fingerprint density at radius 3 is 2.53 bits per heavy atom. The molecule has 3 unspecified atom stereocenters. The van der Waals surface area contributed by atoms with E-state index in [1.54, 1.807) is 0 Å². The highest BCUT2D eigenvalue weighted by atomic mass is 15.1. The Labute approximate surface area is 120 Å². The van der Waals surface area contributed by atoms with Crippen molar-refractivity contribution in [1.29, 1.82) is 0 Å².